The summed E-state index contributed by atoms with van der Waals surface area (Å²) in [5.41, 5.74) is 1.59. The number of imide groups is 1. The molecule has 0 saturated carbocycles. The van der Waals surface area contributed by atoms with Crippen molar-refractivity contribution in [3.05, 3.63) is 58.0 Å². The molecular weight excluding hydrogens is 552 g/mol. The van der Waals surface area contributed by atoms with E-state index < -0.39 is 23.6 Å². The summed E-state index contributed by atoms with van der Waals surface area (Å²) >= 11 is 0. The van der Waals surface area contributed by atoms with Crippen molar-refractivity contribution >= 4 is 28.9 Å². The van der Waals surface area contributed by atoms with Crippen molar-refractivity contribution in [2.24, 2.45) is 7.05 Å². The van der Waals surface area contributed by atoms with Crippen molar-refractivity contribution in [1.82, 2.24) is 18.9 Å². The van der Waals surface area contributed by atoms with Crippen LogP contribution >= 0.6 is 0 Å². The van der Waals surface area contributed by atoms with Crippen LogP contribution in [0.15, 0.2) is 41.2 Å². The summed E-state index contributed by atoms with van der Waals surface area (Å²) in [7, 11) is 4.80. The number of aryl methyl sites for hydroxylation is 1. The molecule has 2 aliphatic heterocycles. The molecule has 43 heavy (non-hydrogen) atoms. The van der Waals surface area contributed by atoms with E-state index in [1.807, 2.05) is 32.9 Å². The largest absolute Gasteiger partial charge is 0.497 e. The van der Waals surface area contributed by atoms with Gasteiger partial charge in [0.2, 0.25) is 5.91 Å². The molecule has 2 aromatic carbocycles. The number of ether oxygens (including phenoxy) is 3. The summed E-state index contributed by atoms with van der Waals surface area (Å²) < 4.78 is 19.8. The topological polar surface area (TPSA) is 112 Å². The van der Waals surface area contributed by atoms with Crippen molar-refractivity contribution in [2.75, 3.05) is 20.8 Å². The van der Waals surface area contributed by atoms with Crippen LogP contribution in [0.1, 0.15) is 76.1 Å². The fourth-order valence-corrected chi connectivity index (χ4v) is 6.20. The van der Waals surface area contributed by atoms with Crippen LogP contribution in [0.25, 0.3) is 11.0 Å². The van der Waals surface area contributed by atoms with E-state index >= 15 is 0 Å². The molecule has 0 aliphatic carbocycles. The van der Waals surface area contributed by atoms with Crippen molar-refractivity contribution in [2.45, 2.75) is 77.1 Å². The van der Waals surface area contributed by atoms with Gasteiger partial charge in [0.25, 0.3) is 5.91 Å². The minimum Gasteiger partial charge on any atom is -0.497 e. The number of hydrogen-bond donors (Lipinski definition) is 0. The quantitative estimate of drug-likeness (QED) is 0.381. The molecule has 2 atom stereocenters. The molecule has 2 aliphatic rings. The molecule has 1 aromatic heterocycles. The summed E-state index contributed by atoms with van der Waals surface area (Å²) in [5, 5.41) is 0. The van der Waals surface area contributed by atoms with E-state index in [9.17, 15) is 19.2 Å². The van der Waals surface area contributed by atoms with Gasteiger partial charge in [-0.2, -0.15) is 0 Å². The first-order valence-corrected chi connectivity index (χ1v) is 14.7. The van der Waals surface area contributed by atoms with Gasteiger partial charge in [0, 0.05) is 25.6 Å². The second kappa shape index (κ2) is 11.8. The molecule has 0 bridgehead atoms. The number of fused-ring (bicyclic) bond motifs is 1. The smallest absolute Gasteiger partial charge is 0.410 e. The van der Waals surface area contributed by atoms with E-state index in [2.05, 4.69) is 0 Å². The zero-order valence-electron chi connectivity index (χ0n) is 25.7. The van der Waals surface area contributed by atoms with E-state index in [1.54, 1.807) is 50.4 Å². The highest BCUT2D eigenvalue weighted by Crippen LogP contribution is 2.42. The molecule has 3 aromatic rings. The van der Waals surface area contributed by atoms with Gasteiger partial charge >= 0.3 is 11.8 Å². The van der Waals surface area contributed by atoms with Gasteiger partial charge in [0.1, 0.15) is 23.1 Å². The molecule has 230 valence electrons. The van der Waals surface area contributed by atoms with Crippen LogP contribution in [0.5, 0.6) is 11.5 Å². The molecule has 2 saturated heterocycles. The Bertz CT molecular complexity index is 1600. The minimum atomic E-state index is -0.860. The number of carbonyl (C=O) groups excluding carboxylic acids is 3. The van der Waals surface area contributed by atoms with Crippen LogP contribution in [0.4, 0.5) is 4.79 Å². The maximum absolute atomic E-state index is 13.9. The average molecular weight is 593 g/mol. The lowest BCUT2D eigenvalue weighted by Gasteiger charge is -2.37. The number of aromatic nitrogens is 2. The first-order chi connectivity index (χ1) is 20.4. The van der Waals surface area contributed by atoms with Crippen LogP contribution in [0.2, 0.25) is 0 Å². The highest BCUT2D eigenvalue weighted by molar-refractivity contribution is 6.00. The Morgan fingerprint density at radius 3 is 2.30 bits per heavy atom. The maximum Gasteiger partial charge on any atom is 0.410 e. The zero-order valence-corrected chi connectivity index (χ0v) is 25.7. The molecule has 2 fully saturated rings. The molecule has 0 radical (unpaired) electrons. The third-order valence-corrected chi connectivity index (χ3v) is 8.22. The van der Waals surface area contributed by atoms with Crippen molar-refractivity contribution in [1.29, 1.82) is 0 Å². The van der Waals surface area contributed by atoms with Crippen molar-refractivity contribution < 1.29 is 28.6 Å². The van der Waals surface area contributed by atoms with Gasteiger partial charge in [-0.05, 0) is 76.3 Å². The summed E-state index contributed by atoms with van der Waals surface area (Å²) in [6, 6.07) is 9.49. The lowest BCUT2D eigenvalue weighted by Crippen LogP contribution is -2.47. The number of benzene rings is 2. The molecule has 3 heterocycles. The molecule has 11 nitrogen and oxygen atoms in total. The first kappa shape index (κ1) is 30.2. The normalized spacial score (nSPS) is 19.6. The van der Waals surface area contributed by atoms with Crippen molar-refractivity contribution in [3.8, 4) is 11.5 Å². The van der Waals surface area contributed by atoms with Crippen molar-refractivity contribution in [3.63, 3.8) is 0 Å². The van der Waals surface area contributed by atoms with Crippen LogP contribution in [0.3, 0.4) is 0 Å². The van der Waals surface area contributed by atoms with Gasteiger partial charge in [-0.1, -0.05) is 12.1 Å². The molecule has 0 N–H and O–H groups in total. The second-order valence-electron chi connectivity index (χ2n) is 12.2. The van der Waals surface area contributed by atoms with E-state index in [1.165, 1.54) is 14.0 Å². The number of hydrogen-bond acceptors (Lipinski definition) is 7. The highest BCUT2D eigenvalue weighted by Gasteiger charge is 2.40. The monoisotopic (exact) mass is 592 g/mol. The first-order valence-electron chi connectivity index (χ1n) is 14.7. The molecule has 2 unspecified atom stereocenters. The third-order valence-electron chi connectivity index (χ3n) is 8.22. The van der Waals surface area contributed by atoms with Gasteiger partial charge in [-0.15, -0.1) is 0 Å². The Balaban J connectivity index is 1.57. The number of amides is 3. The predicted octanol–water partition coefficient (Wildman–Crippen LogP) is 4.71. The summed E-state index contributed by atoms with van der Waals surface area (Å²) in [6.07, 6.45) is 2.32. The van der Waals surface area contributed by atoms with Crippen LogP contribution in [-0.2, 0) is 27.9 Å². The molecule has 11 heteroatoms. The van der Waals surface area contributed by atoms with Gasteiger partial charge in [0.15, 0.2) is 0 Å². The van der Waals surface area contributed by atoms with E-state index in [0.29, 0.717) is 41.1 Å². The third kappa shape index (κ3) is 5.72. The second-order valence-corrected chi connectivity index (χ2v) is 12.2. The Morgan fingerprint density at radius 1 is 0.930 bits per heavy atom. The average Bonchev–Trinajstić information content (AvgIpc) is 3.23. The van der Waals surface area contributed by atoms with Gasteiger partial charge in [-0.3, -0.25) is 23.6 Å². The van der Waals surface area contributed by atoms with Crippen LogP contribution in [-0.4, -0.2) is 63.2 Å². The Kier molecular flexibility index (Phi) is 8.27. The van der Waals surface area contributed by atoms with Crippen LogP contribution < -0.4 is 15.2 Å². The number of nitrogens with zero attached hydrogens (tertiary/aromatic N) is 4. The molecule has 5 rings (SSSR count). The highest BCUT2D eigenvalue weighted by atomic mass is 16.6. The number of imidazole rings is 1. The maximum atomic E-state index is 13.9. The molecular formula is C32H40N4O7. The number of methoxy groups -OCH3 is 2. The Labute approximate surface area is 250 Å². The minimum absolute atomic E-state index is 0.101. The Morgan fingerprint density at radius 2 is 1.65 bits per heavy atom. The van der Waals surface area contributed by atoms with E-state index in [4.69, 9.17) is 14.2 Å². The lowest BCUT2D eigenvalue weighted by molar-refractivity contribution is -0.151. The number of rotatable bonds is 6. The number of piperidine rings is 2. The van der Waals surface area contributed by atoms with Gasteiger partial charge < -0.3 is 19.1 Å². The Hall–Kier alpha value is -4.28. The SMILES string of the molecule is COc1ccc(CN2C(=O)CCC(n3c(=O)n(C)c4c(C5CCCCN5C(=O)OC(C)(C)C)c(OC)ccc43)C2=O)cc1. The zero-order chi connectivity index (χ0) is 31.1. The van der Waals surface area contributed by atoms with Crippen LogP contribution in [0, 0.1) is 0 Å². The summed E-state index contributed by atoms with van der Waals surface area (Å²) in [6.45, 7) is 6.11. The van der Waals surface area contributed by atoms with E-state index in [0.717, 1.165) is 18.4 Å². The number of likely N-dealkylation sites (tertiary alicyclic amines) is 2. The predicted molar refractivity (Wildman–Crippen MR) is 160 cm³/mol. The van der Waals surface area contributed by atoms with Gasteiger partial charge in [0.05, 0.1) is 37.8 Å². The molecule has 0 spiro atoms. The fourth-order valence-electron chi connectivity index (χ4n) is 6.20. The number of carbonyl (C=O) groups is 3. The summed E-state index contributed by atoms with van der Waals surface area (Å²) in [5.74, 6) is 0.525. The standard InChI is InChI=1S/C32H40N4O7/c1-32(2,3)43-31(40)34-18-8-7-9-22(34)27-25(42-6)16-14-23-28(27)33(4)30(39)36(23)24-15-17-26(37)35(29(24)38)19-20-10-12-21(41-5)13-11-20/h10-14,16,22,24H,7-9,15,17-19H2,1-6H3. The summed E-state index contributed by atoms with van der Waals surface area (Å²) in [4.78, 5) is 57.0. The van der Waals surface area contributed by atoms with E-state index in [-0.39, 0.29) is 37.0 Å². The molecule has 3 amide bonds. The lowest BCUT2D eigenvalue weighted by atomic mass is 9.93. The van der Waals surface area contributed by atoms with Gasteiger partial charge in [-0.25, -0.2) is 9.59 Å². The fraction of sp³-hybridized carbons (Fsp3) is 0.500.